The first kappa shape index (κ1) is 24.8. The Morgan fingerprint density at radius 1 is 1.26 bits per heavy atom. The lowest BCUT2D eigenvalue weighted by molar-refractivity contribution is -0.127. The Hall–Kier alpha value is -3.36. The van der Waals surface area contributed by atoms with Gasteiger partial charge in [-0.05, 0) is 51.1 Å². The minimum Gasteiger partial charge on any atom is -0.507 e. The number of amides is 1. The molecule has 1 amide bonds. The van der Waals surface area contributed by atoms with E-state index < -0.39 is 6.04 Å². The van der Waals surface area contributed by atoms with E-state index in [1.807, 2.05) is 38.1 Å². The molecule has 182 valence electrons. The van der Waals surface area contributed by atoms with E-state index in [1.54, 1.807) is 41.7 Å². The van der Waals surface area contributed by atoms with Crippen molar-refractivity contribution in [3.63, 3.8) is 0 Å². The van der Waals surface area contributed by atoms with Crippen molar-refractivity contribution in [2.24, 2.45) is 4.99 Å². The van der Waals surface area contributed by atoms with Gasteiger partial charge in [-0.25, -0.2) is 4.99 Å². The van der Waals surface area contributed by atoms with Crippen molar-refractivity contribution in [2.45, 2.75) is 26.8 Å². The molecule has 0 fully saturated rings. The van der Waals surface area contributed by atoms with Gasteiger partial charge in [-0.15, -0.1) is 0 Å². The third kappa shape index (κ3) is 4.51. The van der Waals surface area contributed by atoms with Gasteiger partial charge in [0.25, 0.3) is 11.5 Å². The summed E-state index contributed by atoms with van der Waals surface area (Å²) in [5, 5.41) is 10.7. The summed E-state index contributed by atoms with van der Waals surface area (Å²) < 4.78 is 7.52. The van der Waals surface area contributed by atoms with Crippen molar-refractivity contribution < 1.29 is 14.6 Å². The number of halogens is 1. The maximum Gasteiger partial charge on any atom is 0.271 e. The van der Waals surface area contributed by atoms with E-state index in [0.29, 0.717) is 55.6 Å². The summed E-state index contributed by atoms with van der Waals surface area (Å²) in [5.74, 6) is 0.406. The van der Waals surface area contributed by atoms with Crippen LogP contribution in [-0.4, -0.2) is 40.7 Å². The normalized spacial score (nSPS) is 15.6. The molecule has 1 aromatic heterocycles. The Balaban J connectivity index is 2.02. The van der Waals surface area contributed by atoms with Crippen molar-refractivity contribution in [1.29, 1.82) is 0 Å². The summed E-state index contributed by atoms with van der Waals surface area (Å²) in [5.41, 5.74) is 1.78. The fourth-order valence-electron chi connectivity index (χ4n) is 4.25. The van der Waals surface area contributed by atoms with Crippen LogP contribution in [-0.2, 0) is 4.79 Å². The van der Waals surface area contributed by atoms with Crippen LogP contribution in [0.25, 0.3) is 6.08 Å². The number of thiazole rings is 1. The lowest BCUT2D eigenvalue weighted by atomic mass is 9.94. The highest BCUT2D eigenvalue weighted by Crippen LogP contribution is 2.36. The van der Waals surface area contributed by atoms with Gasteiger partial charge in [0, 0.05) is 29.2 Å². The molecule has 0 aliphatic carbocycles. The van der Waals surface area contributed by atoms with Crippen LogP contribution in [0.1, 0.15) is 37.9 Å². The average Bonchev–Trinajstić information content (AvgIpc) is 3.15. The molecule has 1 aliphatic rings. The minimum absolute atomic E-state index is 0.00935. The summed E-state index contributed by atoms with van der Waals surface area (Å²) in [6.07, 6.45) is 1.59. The molecule has 0 radical (unpaired) electrons. The number of hydrogen-bond acceptors (Lipinski definition) is 6. The van der Waals surface area contributed by atoms with Crippen molar-refractivity contribution in [1.82, 2.24) is 9.47 Å². The van der Waals surface area contributed by atoms with Crippen molar-refractivity contribution in [3.05, 3.63) is 89.6 Å². The van der Waals surface area contributed by atoms with Gasteiger partial charge >= 0.3 is 0 Å². The zero-order valence-corrected chi connectivity index (χ0v) is 21.5. The molecule has 2 aromatic carbocycles. The number of carbonyl (C=O) groups excluding carboxylic acids is 1. The number of methoxy groups -OCH3 is 1. The zero-order valence-electron chi connectivity index (χ0n) is 19.9. The third-order valence-corrected chi connectivity index (χ3v) is 7.23. The number of para-hydroxylation sites is 1. The molecular weight excluding hydrogens is 486 g/mol. The van der Waals surface area contributed by atoms with Crippen molar-refractivity contribution >= 4 is 34.9 Å². The van der Waals surface area contributed by atoms with Crippen LogP contribution < -0.4 is 19.6 Å². The summed E-state index contributed by atoms with van der Waals surface area (Å²) in [6.45, 7) is 6.69. The molecule has 0 unspecified atom stereocenters. The smallest absolute Gasteiger partial charge is 0.271 e. The first-order valence-electron chi connectivity index (χ1n) is 11.2. The number of aromatic nitrogens is 1. The monoisotopic (exact) mass is 511 g/mol. The second-order valence-electron chi connectivity index (χ2n) is 8.00. The Morgan fingerprint density at radius 3 is 2.66 bits per heavy atom. The van der Waals surface area contributed by atoms with Gasteiger partial charge in [-0.3, -0.25) is 14.2 Å². The predicted molar refractivity (Wildman–Crippen MR) is 138 cm³/mol. The minimum atomic E-state index is -0.717. The van der Waals surface area contributed by atoms with E-state index in [9.17, 15) is 14.7 Å². The number of benzene rings is 2. The maximum atomic E-state index is 13.8. The van der Waals surface area contributed by atoms with Gasteiger partial charge in [0.05, 0.1) is 22.9 Å². The number of ether oxygens (including phenoxy) is 1. The molecule has 3 aromatic rings. The van der Waals surface area contributed by atoms with Crippen molar-refractivity contribution in [2.75, 3.05) is 20.2 Å². The van der Waals surface area contributed by atoms with Crippen LogP contribution >= 0.6 is 22.9 Å². The van der Waals surface area contributed by atoms with Gasteiger partial charge in [-0.1, -0.05) is 41.1 Å². The molecule has 7 nitrogen and oxygen atoms in total. The summed E-state index contributed by atoms with van der Waals surface area (Å²) >= 11 is 7.29. The average molecular weight is 512 g/mol. The second-order valence-corrected chi connectivity index (χ2v) is 9.45. The molecule has 0 spiro atoms. The number of allylic oxidation sites excluding steroid dienone is 1. The third-order valence-electron chi connectivity index (χ3n) is 6.01. The maximum absolute atomic E-state index is 13.8. The Morgan fingerprint density at radius 2 is 1.97 bits per heavy atom. The number of aromatic hydroxyl groups is 1. The summed E-state index contributed by atoms with van der Waals surface area (Å²) in [7, 11) is 1.56. The van der Waals surface area contributed by atoms with Gasteiger partial charge in [-0.2, -0.15) is 0 Å². The number of fused-ring (bicyclic) bond motifs is 1. The fraction of sp³-hybridized carbons (Fsp3) is 0.269. The Bertz CT molecular complexity index is 1500. The van der Waals surface area contributed by atoms with E-state index in [-0.39, 0.29) is 17.2 Å². The Kier molecular flexibility index (Phi) is 7.14. The molecule has 0 bridgehead atoms. The highest BCUT2D eigenvalue weighted by atomic mass is 35.5. The number of phenols is 1. The quantitative estimate of drug-likeness (QED) is 0.549. The molecular formula is C26H26ClN3O4S. The molecule has 1 N–H and O–H groups in total. The van der Waals surface area contributed by atoms with Crippen LogP contribution in [0.2, 0.25) is 5.02 Å². The number of hydrogen-bond donors (Lipinski definition) is 1. The molecule has 9 heteroatoms. The largest absolute Gasteiger partial charge is 0.507 e. The molecule has 2 heterocycles. The number of likely N-dealkylation sites (N-methyl/N-ethyl adjacent to an activating group) is 1. The topological polar surface area (TPSA) is 84.1 Å². The molecule has 4 rings (SSSR count). The SMILES string of the molecule is CCN(CC)C(=O)C1=C(C)N=c2s/c(=C/c3cc(Cl)ccc3O)c(=O)n2[C@@H]1c1ccccc1OC. The van der Waals surface area contributed by atoms with Crippen LogP contribution in [0.15, 0.2) is 63.5 Å². The van der Waals surface area contributed by atoms with Gasteiger partial charge in [0.15, 0.2) is 4.80 Å². The van der Waals surface area contributed by atoms with Crippen molar-refractivity contribution in [3.8, 4) is 11.5 Å². The molecule has 0 saturated heterocycles. The standard InChI is InChI=1S/C26H26ClN3O4S/c1-5-29(6-2)25(33)22-15(3)28-26-30(23(22)18-9-7-8-10-20(18)34-4)24(32)21(35-26)14-16-13-17(27)11-12-19(16)31/h7-14,23,31H,5-6H2,1-4H3/b21-14+/t23-/m1/s1. The highest BCUT2D eigenvalue weighted by Gasteiger charge is 2.35. The molecule has 35 heavy (non-hydrogen) atoms. The van der Waals surface area contributed by atoms with Gasteiger partial charge in [0.1, 0.15) is 17.5 Å². The summed E-state index contributed by atoms with van der Waals surface area (Å²) in [6, 6.07) is 11.3. The Labute approximate surface area is 211 Å². The van der Waals surface area contributed by atoms with Crippen LogP contribution in [0, 0.1) is 0 Å². The van der Waals surface area contributed by atoms with Crippen LogP contribution in [0.3, 0.4) is 0 Å². The van der Waals surface area contributed by atoms with E-state index in [1.165, 1.54) is 17.4 Å². The second kappa shape index (κ2) is 10.1. The lowest BCUT2D eigenvalue weighted by Crippen LogP contribution is -2.43. The molecule has 1 aliphatic heterocycles. The number of carbonyl (C=O) groups is 1. The zero-order chi connectivity index (χ0) is 25.3. The molecule has 1 atom stereocenters. The van der Waals surface area contributed by atoms with Gasteiger partial charge < -0.3 is 14.7 Å². The van der Waals surface area contributed by atoms with E-state index in [0.717, 1.165) is 0 Å². The fourth-order valence-corrected chi connectivity index (χ4v) is 5.46. The van der Waals surface area contributed by atoms with E-state index in [4.69, 9.17) is 16.3 Å². The first-order valence-corrected chi connectivity index (χ1v) is 12.4. The highest BCUT2D eigenvalue weighted by molar-refractivity contribution is 7.07. The van der Waals surface area contributed by atoms with Gasteiger partial charge in [0.2, 0.25) is 0 Å². The van der Waals surface area contributed by atoms with E-state index in [2.05, 4.69) is 4.99 Å². The van der Waals surface area contributed by atoms with Crippen LogP contribution in [0.5, 0.6) is 11.5 Å². The number of phenolic OH excluding ortho intramolecular Hbond substituents is 1. The van der Waals surface area contributed by atoms with Crippen LogP contribution in [0.4, 0.5) is 0 Å². The first-order chi connectivity index (χ1) is 16.8. The number of nitrogens with zero attached hydrogens (tertiary/aromatic N) is 3. The van der Waals surface area contributed by atoms with E-state index >= 15 is 0 Å². The molecule has 0 saturated carbocycles. The lowest BCUT2D eigenvalue weighted by Gasteiger charge is -2.29. The number of rotatable bonds is 6. The predicted octanol–water partition coefficient (Wildman–Crippen LogP) is 3.47. The summed E-state index contributed by atoms with van der Waals surface area (Å²) in [4.78, 5) is 34.3.